The molecule has 1 spiro atoms. The lowest BCUT2D eigenvalue weighted by Crippen LogP contribution is -2.44. The Kier molecular flexibility index (Phi) is 4.70. The van der Waals surface area contributed by atoms with E-state index in [1.54, 1.807) is 29.1 Å². The number of nitrogens with zero attached hydrogens (tertiary/aromatic N) is 4. The minimum atomic E-state index is -3.60. The number of piperidine rings is 1. The van der Waals surface area contributed by atoms with E-state index in [0.29, 0.717) is 43.2 Å². The highest BCUT2D eigenvalue weighted by Crippen LogP contribution is 2.43. The van der Waals surface area contributed by atoms with Crippen LogP contribution in [0.5, 0.6) is 0 Å². The third kappa shape index (κ3) is 3.35. The van der Waals surface area contributed by atoms with Gasteiger partial charge in [0.05, 0.1) is 6.33 Å². The summed E-state index contributed by atoms with van der Waals surface area (Å²) in [6, 6.07) is 3.36. The fourth-order valence-corrected chi connectivity index (χ4v) is 8.01. The van der Waals surface area contributed by atoms with E-state index in [0.717, 1.165) is 6.42 Å². The SMILES string of the molecule is Cn1cnc(S(=O)(=O)N2CCC3(CCN(S(=O)(=O)c4cccs4)CC3)C2)c1. The molecule has 2 aliphatic rings. The molecule has 4 heterocycles. The molecule has 148 valence electrons. The molecule has 0 N–H and O–H groups in total. The molecule has 11 heteroatoms. The normalized spacial score (nSPS) is 21.8. The highest BCUT2D eigenvalue weighted by molar-refractivity contribution is 7.91. The first-order valence-corrected chi connectivity index (χ1v) is 12.5. The second-order valence-corrected chi connectivity index (χ2v) is 12.3. The van der Waals surface area contributed by atoms with E-state index in [4.69, 9.17) is 0 Å². The van der Waals surface area contributed by atoms with E-state index in [2.05, 4.69) is 4.98 Å². The summed E-state index contributed by atoms with van der Waals surface area (Å²) in [4.78, 5) is 3.99. The lowest BCUT2D eigenvalue weighted by atomic mass is 9.78. The molecule has 2 fully saturated rings. The molecule has 2 aromatic rings. The van der Waals surface area contributed by atoms with E-state index in [1.165, 1.54) is 32.5 Å². The van der Waals surface area contributed by atoms with Gasteiger partial charge in [-0.25, -0.2) is 21.8 Å². The van der Waals surface area contributed by atoms with Crippen molar-refractivity contribution in [1.82, 2.24) is 18.2 Å². The van der Waals surface area contributed by atoms with Gasteiger partial charge in [-0.15, -0.1) is 11.3 Å². The molecule has 2 aliphatic heterocycles. The van der Waals surface area contributed by atoms with Crippen LogP contribution in [-0.2, 0) is 27.1 Å². The largest absolute Gasteiger partial charge is 0.339 e. The van der Waals surface area contributed by atoms with Gasteiger partial charge in [-0.1, -0.05) is 6.07 Å². The van der Waals surface area contributed by atoms with Crippen molar-refractivity contribution in [3.8, 4) is 0 Å². The Balaban J connectivity index is 1.45. The lowest BCUT2D eigenvalue weighted by Gasteiger charge is -2.38. The fourth-order valence-electron chi connectivity index (χ4n) is 3.90. The average molecular weight is 431 g/mol. The van der Waals surface area contributed by atoms with Gasteiger partial charge in [0, 0.05) is 39.4 Å². The predicted molar refractivity (Wildman–Crippen MR) is 101 cm³/mol. The number of sulfonamides is 2. The molecule has 0 radical (unpaired) electrons. The number of aromatic nitrogens is 2. The molecule has 0 aliphatic carbocycles. The highest BCUT2D eigenvalue weighted by atomic mass is 32.2. The van der Waals surface area contributed by atoms with Gasteiger partial charge in [-0.05, 0) is 36.1 Å². The Morgan fingerprint density at radius 1 is 1.04 bits per heavy atom. The van der Waals surface area contributed by atoms with Gasteiger partial charge in [-0.3, -0.25) is 0 Å². The molecule has 27 heavy (non-hydrogen) atoms. The van der Waals surface area contributed by atoms with E-state index < -0.39 is 20.0 Å². The zero-order valence-corrected chi connectivity index (χ0v) is 17.4. The van der Waals surface area contributed by atoms with Gasteiger partial charge >= 0.3 is 0 Å². The number of thiophene rings is 1. The number of rotatable bonds is 4. The Bertz CT molecular complexity index is 1020. The first-order valence-electron chi connectivity index (χ1n) is 8.75. The summed E-state index contributed by atoms with van der Waals surface area (Å²) in [5.41, 5.74) is -0.149. The van der Waals surface area contributed by atoms with Crippen LogP contribution in [0.3, 0.4) is 0 Å². The molecule has 8 nitrogen and oxygen atoms in total. The molecule has 0 bridgehead atoms. The molecule has 0 amide bonds. The molecule has 2 aromatic heterocycles. The topological polar surface area (TPSA) is 92.6 Å². The summed E-state index contributed by atoms with van der Waals surface area (Å²) < 4.78 is 56.0. The first-order chi connectivity index (χ1) is 12.7. The van der Waals surface area contributed by atoms with Crippen LogP contribution in [-0.4, -0.2) is 61.2 Å². The Labute approximate surface area is 163 Å². The van der Waals surface area contributed by atoms with Gasteiger partial charge < -0.3 is 4.57 Å². The third-order valence-corrected chi connectivity index (χ3v) is 10.6. The zero-order chi connectivity index (χ0) is 19.3. The van der Waals surface area contributed by atoms with Crippen molar-refractivity contribution in [1.29, 1.82) is 0 Å². The van der Waals surface area contributed by atoms with Crippen molar-refractivity contribution in [3.63, 3.8) is 0 Å². The maximum Gasteiger partial charge on any atom is 0.262 e. The quantitative estimate of drug-likeness (QED) is 0.730. The summed E-state index contributed by atoms with van der Waals surface area (Å²) in [7, 11) is -5.30. The van der Waals surface area contributed by atoms with Gasteiger partial charge in [-0.2, -0.15) is 8.61 Å². The number of imidazole rings is 1. The summed E-state index contributed by atoms with van der Waals surface area (Å²) in [6.45, 7) is 1.74. The zero-order valence-electron chi connectivity index (χ0n) is 15.0. The highest BCUT2D eigenvalue weighted by Gasteiger charge is 2.46. The molecule has 2 saturated heterocycles. The van der Waals surface area contributed by atoms with Gasteiger partial charge in [0.15, 0.2) is 5.03 Å². The summed E-state index contributed by atoms with van der Waals surface area (Å²) in [6.07, 6.45) is 5.09. The maximum atomic E-state index is 12.8. The number of aryl methyl sites for hydroxylation is 1. The molecular formula is C16H22N4O4S3. The summed E-state index contributed by atoms with van der Waals surface area (Å²) in [5.74, 6) is 0. The van der Waals surface area contributed by atoms with E-state index in [1.807, 2.05) is 0 Å². The van der Waals surface area contributed by atoms with Gasteiger partial charge in [0.2, 0.25) is 0 Å². The van der Waals surface area contributed by atoms with Crippen molar-refractivity contribution >= 4 is 31.4 Å². The van der Waals surface area contributed by atoms with Crippen LogP contribution in [0.15, 0.2) is 39.3 Å². The molecule has 4 rings (SSSR count). The second kappa shape index (κ2) is 6.66. The first kappa shape index (κ1) is 19.1. The van der Waals surface area contributed by atoms with Crippen LogP contribution in [0.25, 0.3) is 0 Å². The van der Waals surface area contributed by atoms with Gasteiger partial charge in [0.25, 0.3) is 20.0 Å². The maximum absolute atomic E-state index is 12.8. The van der Waals surface area contributed by atoms with E-state index >= 15 is 0 Å². The van der Waals surface area contributed by atoms with Crippen molar-refractivity contribution in [2.75, 3.05) is 26.2 Å². The average Bonchev–Trinajstić information content (AvgIpc) is 3.36. The van der Waals surface area contributed by atoms with Crippen LogP contribution in [0.1, 0.15) is 19.3 Å². The minimum absolute atomic E-state index is 0.0692. The standard InChI is InChI=1S/C16H22N4O4S3/c1-18-11-14(17-13-18)26(21,22)20-9-6-16(12-20)4-7-19(8-5-16)27(23,24)15-3-2-10-25-15/h2-3,10-11,13H,4-9,12H2,1H3. The van der Waals surface area contributed by atoms with Crippen molar-refractivity contribution < 1.29 is 16.8 Å². The molecule has 0 atom stereocenters. The van der Waals surface area contributed by atoms with E-state index in [-0.39, 0.29) is 10.4 Å². The van der Waals surface area contributed by atoms with Crippen LogP contribution >= 0.6 is 11.3 Å². The molecule has 0 aromatic carbocycles. The Morgan fingerprint density at radius 3 is 2.26 bits per heavy atom. The van der Waals surface area contributed by atoms with Crippen LogP contribution in [0.4, 0.5) is 0 Å². The molecule has 0 saturated carbocycles. The number of hydrogen-bond donors (Lipinski definition) is 0. The van der Waals surface area contributed by atoms with Crippen LogP contribution in [0, 0.1) is 5.41 Å². The lowest BCUT2D eigenvalue weighted by molar-refractivity contribution is 0.168. The third-order valence-electron chi connectivity index (χ3n) is 5.56. The molecule has 0 unspecified atom stereocenters. The monoisotopic (exact) mass is 430 g/mol. The van der Waals surface area contributed by atoms with Crippen LogP contribution < -0.4 is 0 Å². The van der Waals surface area contributed by atoms with Gasteiger partial charge in [0.1, 0.15) is 4.21 Å². The molecular weight excluding hydrogens is 408 g/mol. The van der Waals surface area contributed by atoms with Crippen molar-refractivity contribution in [2.24, 2.45) is 12.5 Å². The second-order valence-electron chi connectivity index (χ2n) is 7.30. The van der Waals surface area contributed by atoms with Crippen molar-refractivity contribution in [3.05, 3.63) is 30.0 Å². The summed E-state index contributed by atoms with van der Waals surface area (Å²) >= 11 is 1.22. The fraction of sp³-hybridized carbons (Fsp3) is 0.562. The van der Waals surface area contributed by atoms with Crippen LogP contribution in [0.2, 0.25) is 0 Å². The Morgan fingerprint density at radius 2 is 1.70 bits per heavy atom. The predicted octanol–water partition coefficient (Wildman–Crippen LogP) is 1.35. The smallest absolute Gasteiger partial charge is 0.262 e. The van der Waals surface area contributed by atoms with E-state index in [9.17, 15) is 16.8 Å². The summed E-state index contributed by atoms with van der Waals surface area (Å²) in [5, 5.41) is 1.83. The van der Waals surface area contributed by atoms with Crippen molar-refractivity contribution in [2.45, 2.75) is 28.5 Å². The minimum Gasteiger partial charge on any atom is -0.339 e. The number of hydrogen-bond acceptors (Lipinski definition) is 6. The Hall–Kier alpha value is -1.27.